The summed E-state index contributed by atoms with van der Waals surface area (Å²) < 4.78 is 4.47. The molecule has 0 heterocycles. The van der Waals surface area contributed by atoms with Crippen molar-refractivity contribution in [3.8, 4) is 6.26 Å². The van der Waals surface area contributed by atoms with Crippen molar-refractivity contribution in [2.45, 2.75) is 32.2 Å². The van der Waals surface area contributed by atoms with Gasteiger partial charge in [0, 0.05) is 0 Å². The second-order valence-electron chi connectivity index (χ2n) is 2.50. The first-order valence-corrected chi connectivity index (χ1v) is 3.89. The van der Waals surface area contributed by atoms with Gasteiger partial charge in [0.2, 0.25) is 6.08 Å². The van der Waals surface area contributed by atoms with E-state index >= 15 is 0 Å². The summed E-state index contributed by atoms with van der Waals surface area (Å²) in [5.74, 6) is 0. The van der Waals surface area contributed by atoms with Crippen LogP contribution in [0.25, 0.3) is 0 Å². The molecule has 0 aromatic carbocycles. The zero-order chi connectivity index (χ0) is 9.23. The minimum absolute atomic E-state index is 0.0320. The Hall–Kier alpha value is -1.33. The molecule has 0 saturated carbocycles. The van der Waals surface area contributed by atoms with Crippen molar-refractivity contribution in [2.24, 2.45) is 4.99 Å². The zero-order valence-corrected chi connectivity index (χ0v) is 7.12. The Morgan fingerprint density at radius 3 is 2.92 bits per heavy atom. The smallest absolute Gasteiger partial charge is 0.286 e. The van der Waals surface area contributed by atoms with Crippen LogP contribution in [0, 0.1) is 11.5 Å². The molecular formula is C8H12N2O2. The van der Waals surface area contributed by atoms with E-state index in [-0.39, 0.29) is 6.04 Å². The Morgan fingerprint density at radius 2 is 2.33 bits per heavy atom. The fourth-order valence-electron chi connectivity index (χ4n) is 0.814. The van der Waals surface area contributed by atoms with Gasteiger partial charge in [-0.25, -0.2) is 9.79 Å². The lowest BCUT2D eigenvalue weighted by Gasteiger charge is -2.01. The molecule has 0 aromatic rings. The summed E-state index contributed by atoms with van der Waals surface area (Å²) in [6, 6.07) is 0.0320. The monoisotopic (exact) mass is 168 g/mol. The lowest BCUT2D eigenvalue weighted by Crippen LogP contribution is -1.98. The van der Waals surface area contributed by atoms with E-state index in [4.69, 9.17) is 5.26 Å². The lowest BCUT2D eigenvalue weighted by atomic mass is 10.1. The number of unbranched alkanes of at least 4 members (excludes halogenated alkanes) is 1. The maximum atomic E-state index is 9.79. The molecule has 4 heteroatoms. The summed E-state index contributed by atoms with van der Waals surface area (Å²) >= 11 is 0. The zero-order valence-electron chi connectivity index (χ0n) is 7.12. The van der Waals surface area contributed by atoms with Crippen LogP contribution in [-0.2, 0) is 9.53 Å². The first-order chi connectivity index (χ1) is 5.81. The molecule has 0 radical (unpaired) electrons. The highest BCUT2D eigenvalue weighted by Gasteiger charge is 1.97. The Bertz CT molecular complexity index is 192. The van der Waals surface area contributed by atoms with E-state index in [0.29, 0.717) is 6.61 Å². The van der Waals surface area contributed by atoms with Crippen LogP contribution in [-0.4, -0.2) is 18.7 Å². The van der Waals surface area contributed by atoms with E-state index in [1.807, 2.05) is 6.92 Å². The van der Waals surface area contributed by atoms with Gasteiger partial charge in [-0.15, -0.1) is 0 Å². The molecule has 0 N–H and O–H groups in total. The van der Waals surface area contributed by atoms with Gasteiger partial charge in [0.05, 0.1) is 6.04 Å². The van der Waals surface area contributed by atoms with Gasteiger partial charge < -0.3 is 4.74 Å². The summed E-state index contributed by atoms with van der Waals surface area (Å²) in [5, 5.41) is 8.02. The molecule has 0 fully saturated rings. The van der Waals surface area contributed by atoms with E-state index in [0.717, 1.165) is 19.3 Å². The van der Waals surface area contributed by atoms with E-state index < -0.39 is 0 Å². The van der Waals surface area contributed by atoms with Crippen molar-refractivity contribution in [3.05, 3.63) is 0 Å². The summed E-state index contributed by atoms with van der Waals surface area (Å²) in [6.07, 6.45) is 5.68. The second-order valence-corrected chi connectivity index (χ2v) is 2.50. The number of nitrogens with zero attached hydrogens (tertiary/aromatic N) is 2. The fourth-order valence-corrected chi connectivity index (χ4v) is 0.814. The van der Waals surface area contributed by atoms with E-state index in [9.17, 15) is 4.79 Å². The molecule has 12 heavy (non-hydrogen) atoms. The van der Waals surface area contributed by atoms with Gasteiger partial charge in [0.1, 0.15) is 6.61 Å². The molecule has 0 aliphatic heterocycles. The normalized spacial score (nSPS) is 11.0. The molecule has 0 aromatic heterocycles. The molecule has 0 amide bonds. The van der Waals surface area contributed by atoms with Crippen molar-refractivity contribution in [2.75, 3.05) is 6.61 Å². The Labute approximate surface area is 71.9 Å². The van der Waals surface area contributed by atoms with Gasteiger partial charge in [0.25, 0.3) is 6.26 Å². The third-order valence-corrected chi connectivity index (χ3v) is 1.46. The summed E-state index contributed by atoms with van der Waals surface area (Å²) in [4.78, 5) is 13.3. The molecule has 0 aliphatic carbocycles. The number of hydrogen-bond donors (Lipinski definition) is 0. The molecule has 66 valence electrons. The SMILES string of the molecule is CC(CCCCOC#N)N=C=O. The predicted octanol–water partition coefficient (Wildman–Crippen LogP) is 1.38. The van der Waals surface area contributed by atoms with E-state index in [1.165, 1.54) is 6.08 Å². The number of carbonyl (C=O) groups excluding carboxylic acids is 1. The van der Waals surface area contributed by atoms with Gasteiger partial charge >= 0.3 is 0 Å². The molecule has 0 saturated heterocycles. The van der Waals surface area contributed by atoms with Crippen LogP contribution in [0.5, 0.6) is 0 Å². The van der Waals surface area contributed by atoms with E-state index in [1.54, 1.807) is 6.26 Å². The molecule has 0 aliphatic rings. The summed E-state index contributed by atoms with van der Waals surface area (Å²) in [5.41, 5.74) is 0. The topological polar surface area (TPSA) is 62.4 Å². The average molecular weight is 168 g/mol. The maximum absolute atomic E-state index is 9.79. The van der Waals surface area contributed by atoms with Crippen LogP contribution in [0.1, 0.15) is 26.2 Å². The number of isocyanates is 1. The van der Waals surface area contributed by atoms with Crippen molar-refractivity contribution < 1.29 is 9.53 Å². The predicted molar refractivity (Wildman–Crippen MR) is 43.0 cm³/mol. The Morgan fingerprint density at radius 1 is 1.58 bits per heavy atom. The highest BCUT2D eigenvalue weighted by Crippen LogP contribution is 2.02. The van der Waals surface area contributed by atoms with Crippen molar-refractivity contribution in [1.82, 2.24) is 0 Å². The molecular weight excluding hydrogens is 156 g/mol. The fraction of sp³-hybridized carbons (Fsp3) is 0.750. The molecule has 0 rings (SSSR count). The maximum Gasteiger partial charge on any atom is 0.286 e. The summed E-state index contributed by atoms with van der Waals surface area (Å²) in [6.45, 7) is 2.31. The third-order valence-electron chi connectivity index (χ3n) is 1.46. The minimum Gasteiger partial charge on any atom is -0.428 e. The lowest BCUT2D eigenvalue weighted by molar-refractivity contribution is 0.259. The largest absolute Gasteiger partial charge is 0.428 e. The van der Waals surface area contributed by atoms with Crippen molar-refractivity contribution in [1.29, 1.82) is 5.26 Å². The first kappa shape index (κ1) is 10.7. The van der Waals surface area contributed by atoms with Crippen LogP contribution in [0.15, 0.2) is 4.99 Å². The van der Waals surface area contributed by atoms with Crippen LogP contribution < -0.4 is 0 Å². The van der Waals surface area contributed by atoms with Crippen LogP contribution >= 0.6 is 0 Å². The summed E-state index contributed by atoms with van der Waals surface area (Å²) in [7, 11) is 0. The molecule has 1 unspecified atom stereocenters. The van der Waals surface area contributed by atoms with Gasteiger partial charge in [-0.1, -0.05) is 0 Å². The highest BCUT2D eigenvalue weighted by molar-refractivity contribution is 5.33. The van der Waals surface area contributed by atoms with Gasteiger partial charge in [-0.2, -0.15) is 5.26 Å². The van der Waals surface area contributed by atoms with Gasteiger partial charge in [-0.3, -0.25) is 0 Å². The molecule has 0 bridgehead atoms. The van der Waals surface area contributed by atoms with Crippen LogP contribution in [0.2, 0.25) is 0 Å². The van der Waals surface area contributed by atoms with Crippen LogP contribution in [0.4, 0.5) is 0 Å². The molecule has 0 spiro atoms. The van der Waals surface area contributed by atoms with Crippen molar-refractivity contribution >= 4 is 6.08 Å². The number of nitriles is 1. The molecule has 4 nitrogen and oxygen atoms in total. The number of hydrogen-bond acceptors (Lipinski definition) is 4. The standard InChI is InChI=1S/C8H12N2O2/c1-8(10-7-11)4-2-3-5-12-6-9/h8H,2-5H2,1H3. The Balaban J connectivity index is 3.20. The van der Waals surface area contributed by atoms with Gasteiger partial charge in [0.15, 0.2) is 0 Å². The third kappa shape index (κ3) is 6.79. The average Bonchev–Trinajstić information content (AvgIpc) is 2.05. The molecule has 1 atom stereocenters. The first-order valence-electron chi connectivity index (χ1n) is 3.89. The van der Waals surface area contributed by atoms with E-state index in [2.05, 4.69) is 9.73 Å². The number of ether oxygens (including phenoxy) is 1. The van der Waals surface area contributed by atoms with Gasteiger partial charge in [-0.05, 0) is 26.2 Å². The highest BCUT2D eigenvalue weighted by atomic mass is 16.5. The minimum atomic E-state index is 0.0320. The quantitative estimate of drug-likeness (QED) is 0.260. The van der Waals surface area contributed by atoms with Crippen molar-refractivity contribution in [3.63, 3.8) is 0 Å². The van der Waals surface area contributed by atoms with Crippen LogP contribution in [0.3, 0.4) is 0 Å². The Kier molecular flexibility index (Phi) is 6.91. The second kappa shape index (κ2) is 7.77. The number of aliphatic imine (C=N–C) groups is 1. The number of rotatable bonds is 6.